The van der Waals surface area contributed by atoms with Crippen LogP contribution in [0.2, 0.25) is 0 Å². The van der Waals surface area contributed by atoms with Crippen LogP contribution in [0.15, 0.2) is 79.9 Å². The van der Waals surface area contributed by atoms with Crippen molar-refractivity contribution in [1.29, 1.82) is 0 Å². The van der Waals surface area contributed by atoms with Crippen LogP contribution in [-0.4, -0.2) is 90.6 Å². The first kappa shape index (κ1) is 29.7. The Kier molecular flexibility index (Phi) is 7.63. The van der Waals surface area contributed by atoms with Gasteiger partial charge in [-0.1, -0.05) is 47.7 Å². The number of hydrogen-bond donors (Lipinski definition) is 1. The molecule has 3 aliphatic heterocycles. The zero-order valence-corrected chi connectivity index (χ0v) is 25.1. The van der Waals surface area contributed by atoms with Crippen molar-refractivity contribution < 1.29 is 24.2 Å². The van der Waals surface area contributed by atoms with E-state index in [1.807, 2.05) is 61.5 Å². The van der Waals surface area contributed by atoms with Crippen molar-refractivity contribution in [3.8, 4) is 0 Å². The van der Waals surface area contributed by atoms with E-state index in [0.29, 0.717) is 24.0 Å². The molecule has 11 heteroatoms. The Bertz CT molecular complexity index is 1610. The molecule has 2 unspecified atom stereocenters. The van der Waals surface area contributed by atoms with E-state index >= 15 is 0 Å². The smallest absolute Gasteiger partial charge is 0.250 e. The second kappa shape index (κ2) is 11.3. The van der Waals surface area contributed by atoms with Crippen LogP contribution in [-0.2, 0) is 25.8 Å². The minimum atomic E-state index is -1.24. The molecule has 3 amide bonds. The summed E-state index contributed by atoms with van der Waals surface area (Å²) in [6.07, 6.45) is 4.21. The summed E-state index contributed by atoms with van der Waals surface area (Å²) >= 11 is 0. The predicted molar refractivity (Wildman–Crippen MR) is 164 cm³/mol. The number of aliphatic hydroxyl groups excluding tert-OH is 1. The molecule has 2 bridgehead atoms. The summed E-state index contributed by atoms with van der Waals surface area (Å²) in [5.41, 5.74) is -0.0585. The van der Waals surface area contributed by atoms with E-state index in [-0.39, 0.29) is 44.1 Å². The molecule has 0 aliphatic carbocycles. The number of rotatable bonds is 11. The van der Waals surface area contributed by atoms with Gasteiger partial charge in [0.15, 0.2) is 0 Å². The molecular weight excluding hydrogens is 560 g/mol. The second-order valence-electron chi connectivity index (χ2n) is 12.1. The number of amides is 3. The number of likely N-dealkylation sites (tertiary alicyclic amines) is 1. The van der Waals surface area contributed by atoms with Crippen molar-refractivity contribution in [2.75, 3.05) is 24.6 Å². The lowest BCUT2D eigenvalue weighted by Gasteiger charge is -2.38. The third-order valence-corrected chi connectivity index (χ3v) is 9.49. The van der Waals surface area contributed by atoms with Crippen LogP contribution in [0.5, 0.6) is 0 Å². The fraction of sp³-hybridized carbons (Fsp3) is 0.424. The van der Waals surface area contributed by atoms with Gasteiger partial charge < -0.3 is 24.5 Å². The molecule has 44 heavy (non-hydrogen) atoms. The van der Waals surface area contributed by atoms with Crippen molar-refractivity contribution >= 4 is 34.4 Å². The van der Waals surface area contributed by atoms with Crippen molar-refractivity contribution in [2.24, 2.45) is 11.8 Å². The largest absolute Gasteiger partial charge is 0.394 e. The molecule has 6 atom stereocenters. The van der Waals surface area contributed by atoms with Crippen molar-refractivity contribution in [3.63, 3.8) is 0 Å². The van der Waals surface area contributed by atoms with Crippen LogP contribution < -0.4 is 4.90 Å². The van der Waals surface area contributed by atoms with E-state index < -0.39 is 35.1 Å². The molecule has 3 fully saturated rings. The first-order valence-electron chi connectivity index (χ1n) is 15.0. The number of carbonyl (C=O) groups is 3. The molecule has 4 heterocycles. The summed E-state index contributed by atoms with van der Waals surface area (Å²) in [5.74, 6) is -2.69. The minimum Gasteiger partial charge on any atom is -0.394 e. The standard InChI is InChI=1S/C33H38N6O5/c1-5-18-36(21-38-25-15-11-10-14-24(25)34-35-38)31(43)28-33-17-16-32(4,44-33)26(27(33)30(42)39(28)22(3)20-40)29(41)37(19-6-2)23-12-8-7-9-13-23/h5-15,22,26-28,40H,1-2,16-21H2,3-4H3/t22-,26+,27+,28?,32-,33?/m1/s1. The predicted octanol–water partition coefficient (Wildman–Crippen LogP) is 2.77. The van der Waals surface area contributed by atoms with Crippen molar-refractivity contribution in [1.82, 2.24) is 24.8 Å². The molecule has 230 valence electrons. The topological polar surface area (TPSA) is 121 Å². The number of aliphatic hydroxyl groups is 1. The lowest BCUT2D eigenvalue weighted by atomic mass is 9.66. The van der Waals surface area contributed by atoms with Crippen LogP contribution >= 0.6 is 0 Å². The summed E-state index contributed by atoms with van der Waals surface area (Å²) in [6, 6.07) is 15.0. The van der Waals surface area contributed by atoms with E-state index in [1.54, 1.807) is 33.6 Å². The highest BCUT2D eigenvalue weighted by Crippen LogP contribution is 2.64. The Labute approximate surface area is 256 Å². The van der Waals surface area contributed by atoms with E-state index in [1.165, 1.54) is 4.90 Å². The lowest BCUT2D eigenvalue weighted by Crippen LogP contribution is -2.58. The van der Waals surface area contributed by atoms with Gasteiger partial charge in [0.05, 0.1) is 35.6 Å². The summed E-state index contributed by atoms with van der Waals surface area (Å²) in [4.78, 5) is 48.3. The molecule has 3 saturated heterocycles. The van der Waals surface area contributed by atoms with Gasteiger partial charge in [0.25, 0.3) is 0 Å². The summed E-state index contributed by atoms with van der Waals surface area (Å²) in [6.45, 7) is 11.4. The summed E-state index contributed by atoms with van der Waals surface area (Å²) < 4.78 is 8.44. The average molecular weight is 599 g/mol. The monoisotopic (exact) mass is 598 g/mol. The highest BCUT2D eigenvalue weighted by molar-refractivity contribution is 6.03. The zero-order valence-electron chi connectivity index (χ0n) is 25.1. The Balaban J connectivity index is 1.41. The summed E-state index contributed by atoms with van der Waals surface area (Å²) in [7, 11) is 0. The molecule has 3 aliphatic rings. The van der Waals surface area contributed by atoms with E-state index in [0.717, 1.165) is 5.52 Å². The SMILES string of the molecule is C=CCN(Cn1nnc2ccccc21)C(=O)C1N([C@H](C)CO)C(=O)[C@@H]2[C@@H](C(=O)N(CC=C)c3ccccc3)[C@@]3(C)CCC12O3. The highest BCUT2D eigenvalue weighted by atomic mass is 16.5. The van der Waals surface area contributed by atoms with Crippen molar-refractivity contribution in [2.45, 2.75) is 56.6 Å². The zero-order chi connectivity index (χ0) is 31.2. The second-order valence-corrected chi connectivity index (χ2v) is 12.1. The first-order valence-corrected chi connectivity index (χ1v) is 15.0. The quantitative estimate of drug-likeness (QED) is 0.337. The van der Waals surface area contributed by atoms with Gasteiger partial charge in [0.1, 0.15) is 23.8 Å². The number of para-hydroxylation sites is 2. The molecule has 2 aromatic carbocycles. The van der Waals surface area contributed by atoms with E-state index in [9.17, 15) is 19.5 Å². The van der Waals surface area contributed by atoms with E-state index in [2.05, 4.69) is 23.5 Å². The molecule has 1 N–H and O–H groups in total. The molecule has 3 aromatic rings. The number of aromatic nitrogens is 3. The molecule has 0 radical (unpaired) electrons. The molecule has 6 rings (SSSR count). The van der Waals surface area contributed by atoms with Crippen LogP contribution in [0.3, 0.4) is 0 Å². The third-order valence-electron chi connectivity index (χ3n) is 9.49. The van der Waals surface area contributed by atoms with Gasteiger partial charge in [0, 0.05) is 18.8 Å². The number of fused-ring (bicyclic) bond motifs is 2. The minimum absolute atomic E-state index is 0.0683. The molecule has 11 nitrogen and oxygen atoms in total. The Morgan fingerprint density at radius 3 is 2.50 bits per heavy atom. The maximum Gasteiger partial charge on any atom is 0.250 e. The van der Waals surface area contributed by atoms with Crippen LogP contribution in [0.4, 0.5) is 5.69 Å². The van der Waals surface area contributed by atoms with Gasteiger partial charge in [-0.2, -0.15) is 0 Å². The number of carbonyl (C=O) groups excluding carboxylic acids is 3. The number of ether oxygens (including phenoxy) is 1. The number of hydrogen-bond acceptors (Lipinski definition) is 7. The van der Waals surface area contributed by atoms with Crippen LogP contribution in [0, 0.1) is 11.8 Å². The first-order chi connectivity index (χ1) is 21.2. The van der Waals surface area contributed by atoms with Gasteiger partial charge in [-0.3, -0.25) is 14.4 Å². The number of anilines is 1. The average Bonchev–Trinajstić information content (AvgIpc) is 3.74. The van der Waals surface area contributed by atoms with E-state index in [4.69, 9.17) is 4.74 Å². The van der Waals surface area contributed by atoms with Gasteiger partial charge in [0.2, 0.25) is 17.7 Å². The molecule has 0 saturated carbocycles. The summed E-state index contributed by atoms with van der Waals surface area (Å²) in [5, 5.41) is 18.7. The Morgan fingerprint density at radius 1 is 1.09 bits per heavy atom. The Hall–Kier alpha value is -4.35. The maximum atomic E-state index is 14.7. The van der Waals surface area contributed by atoms with Crippen LogP contribution in [0.1, 0.15) is 26.7 Å². The Morgan fingerprint density at radius 2 is 1.80 bits per heavy atom. The van der Waals surface area contributed by atoms with Gasteiger partial charge in [-0.15, -0.1) is 18.3 Å². The lowest BCUT2D eigenvalue weighted by molar-refractivity contribution is -0.155. The van der Waals surface area contributed by atoms with Gasteiger partial charge >= 0.3 is 0 Å². The normalized spacial score (nSPS) is 27.8. The number of nitrogens with zero attached hydrogens (tertiary/aromatic N) is 6. The molecule has 1 spiro atoms. The molecule has 1 aromatic heterocycles. The number of benzene rings is 2. The molecular formula is C33H38N6O5. The van der Waals surface area contributed by atoms with Gasteiger partial charge in [-0.25, -0.2) is 4.68 Å². The third kappa shape index (κ3) is 4.45. The van der Waals surface area contributed by atoms with Crippen molar-refractivity contribution in [3.05, 3.63) is 79.9 Å². The highest BCUT2D eigenvalue weighted by Gasteiger charge is 2.78. The maximum absolute atomic E-state index is 14.7. The fourth-order valence-corrected chi connectivity index (χ4v) is 7.54. The fourth-order valence-electron chi connectivity index (χ4n) is 7.54. The van der Waals surface area contributed by atoms with Crippen LogP contribution in [0.25, 0.3) is 11.0 Å². The van der Waals surface area contributed by atoms with Gasteiger partial charge in [-0.05, 0) is 51.0 Å².